The highest BCUT2D eigenvalue weighted by Crippen LogP contribution is 2.18. The van der Waals surface area contributed by atoms with Gasteiger partial charge in [0, 0.05) is 12.2 Å². The fraction of sp³-hybridized carbons (Fsp3) is 0.455. The first-order chi connectivity index (χ1) is 7.75. The van der Waals surface area contributed by atoms with Crippen molar-refractivity contribution >= 4 is 17.5 Å². The molecule has 0 saturated heterocycles. The van der Waals surface area contributed by atoms with Gasteiger partial charge in [-0.05, 0) is 25.0 Å². The first kappa shape index (κ1) is 10.7. The topological polar surface area (TPSA) is 80.0 Å². The molecule has 2 rings (SSSR count). The zero-order valence-corrected chi connectivity index (χ0v) is 9.07. The summed E-state index contributed by atoms with van der Waals surface area (Å²) < 4.78 is 0. The normalized spacial score (nSPS) is 16.0. The highest BCUT2D eigenvalue weighted by molar-refractivity contribution is 5.91. The third kappa shape index (κ3) is 2.62. The largest absolute Gasteiger partial charge is 0.396 e. The lowest BCUT2D eigenvalue weighted by Gasteiger charge is -2.13. The smallest absolute Gasteiger partial charge is 0.320 e. The number of nitrogens with zero attached hydrogens (tertiary/aromatic N) is 1. The van der Waals surface area contributed by atoms with Crippen LogP contribution in [0.25, 0.3) is 0 Å². The van der Waals surface area contributed by atoms with Crippen LogP contribution in [0.15, 0.2) is 18.3 Å². The monoisotopic (exact) mass is 220 g/mol. The minimum Gasteiger partial charge on any atom is -0.396 e. The maximum absolute atomic E-state index is 11.6. The molecule has 0 spiro atoms. The fourth-order valence-electron chi connectivity index (χ4n) is 1.92. The minimum absolute atomic E-state index is 0.225. The van der Waals surface area contributed by atoms with Gasteiger partial charge in [-0.1, -0.05) is 12.8 Å². The van der Waals surface area contributed by atoms with Crippen LogP contribution in [0.3, 0.4) is 0 Å². The molecule has 16 heavy (non-hydrogen) atoms. The van der Waals surface area contributed by atoms with E-state index in [1.54, 1.807) is 18.3 Å². The lowest BCUT2D eigenvalue weighted by molar-refractivity contribution is 0.248. The van der Waals surface area contributed by atoms with E-state index in [0.717, 1.165) is 12.8 Å². The van der Waals surface area contributed by atoms with Crippen molar-refractivity contribution in [2.45, 2.75) is 31.7 Å². The Labute approximate surface area is 94.4 Å². The number of nitrogen functional groups attached to an aromatic ring is 1. The second-order valence-corrected chi connectivity index (χ2v) is 4.02. The first-order valence-electron chi connectivity index (χ1n) is 5.54. The SMILES string of the molecule is Nc1cccnc1NC(=O)NC1CCCC1. The average molecular weight is 220 g/mol. The lowest BCUT2D eigenvalue weighted by Crippen LogP contribution is -2.36. The summed E-state index contributed by atoms with van der Waals surface area (Å²) >= 11 is 0. The molecule has 1 saturated carbocycles. The van der Waals surface area contributed by atoms with Gasteiger partial charge in [0.15, 0.2) is 5.82 Å². The van der Waals surface area contributed by atoms with Gasteiger partial charge >= 0.3 is 6.03 Å². The van der Waals surface area contributed by atoms with Crippen molar-refractivity contribution in [1.82, 2.24) is 10.3 Å². The van der Waals surface area contributed by atoms with Crippen LogP contribution in [-0.4, -0.2) is 17.1 Å². The van der Waals surface area contributed by atoms with Gasteiger partial charge < -0.3 is 11.1 Å². The van der Waals surface area contributed by atoms with Gasteiger partial charge in [-0.3, -0.25) is 5.32 Å². The number of nitrogens with two attached hydrogens (primary N) is 1. The van der Waals surface area contributed by atoms with E-state index in [1.165, 1.54) is 12.8 Å². The van der Waals surface area contributed by atoms with Crippen LogP contribution in [0.5, 0.6) is 0 Å². The number of hydrogen-bond donors (Lipinski definition) is 3. The van der Waals surface area contributed by atoms with Crippen molar-refractivity contribution in [3.8, 4) is 0 Å². The molecule has 1 aromatic heterocycles. The maximum atomic E-state index is 11.6. The predicted octanol–water partition coefficient (Wildman–Crippen LogP) is 1.73. The number of nitrogens with one attached hydrogen (secondary N) is 2. The summed E-state index contributed by atoms with van der Waals surface area (Å²) in [7, 11) is 0. The van der Waals surface area contributed by atoms with Crippen molar-refractivity contribution in [2.75, 3.05) is 11.1 Å². The molecular formula is C11H16N4O. The van der Waals surface area contributed by atoms with E-state index in [0.29, 0.717) is 17.5 Å². The Morgan fingerprint density at radius 3 is 2.88 bits per heavy atom. The molecule has 1 aromatic rings. The summed E-state index contributed by atoms with van der Waals surface area (Å²) in [6, 6.07) is 3.51. The minimum atomic E-state index is -0.225. The number of amides is 2. The number of carbonyl (C=O) groups is 1. The quantitative estimate of drug-likeness (QED) is 0.710. The number of hydrogen-bond acceptors (Lipinski definition) is 3. The number of pyridine rings is 1. The van der Waals surface area contributed by atoms with Crippen molar-refractivity contribution < 1.29 is 4.79 Å². The van der Waals surface area contributed by atoms with E-state index in [1.807, 2.05) is 0 Å². The molecule has 4 N–H and O–H groups in total. The van der Waals surface area contributed by atoms with Crippen molar-refractivity contribution in [2.24, 2.45) is 0 Å². The molecule has 86 valence electrons. The van der Waals surface area contributed by atoms with E-state index in [-0.39, 0.29) is 6.03 Å². The molecule has 1 aliphatic carbocycles. The van der Waals surface area contributed by atoms with Crippen LogP contribution in [0.1, 0.15) is 25.7 Å². The van der Waals surface area contributed by atoms with Crippen molar-refractivity contribution in [1.29, 1.82) is 0 Å². The number of anilines is 2. The van der Waals surface area contributed by atoms with Gasteiger partial charge in [-0.15, -0.1) is 0 Å². The summed E-state index contributed by atoms with van der Waals surface area (Å²) in [6.45, 7) is 0. The highest BCUT2D eigenvalue weighted by Gasteiger charge is 2.17. The molecular weight excluding hydrogens is 204 g/mol. The van der Waals surface area contributed by atoms with Gasteiger partial charge in [0.2, 0.25) is 0 Å². The fourth-order valence-corrected chi connectivity index (χ4v) is 1.92. The molecule has 0 aromatic carbocycles. The highest BCUT2D eigenvalue weighted by atomic mass is 16.2. The number of aromatic nitrogens is 1. The van der Waals surface area contributed by atoms with Crippen molar-refractivity contribution in [3.05, 3.63) is 18.3 Å². The van der Waals surface area contributed by atoms with Gasteiger partial charge in [-0.2, -0.15) is 0 Å². The Kier molecular flexibility index (Phi) is 3.24. The molecule has 1 heterocycles. The number of rotatable bonds is 2. The van der Waals surface area contributed by atoms with E-state index in [4.69, 9.17) is 5.73 Å². The summed E-state index contributed by atoms with van der Waals surface area (Å²) in [5.41, 5.74) is 6.15. The van der Waals surface area contributed by atoms with Gasteiger partial charge in [-0.25, -0.2) is 9.78 Å². The van der Waals surface area contributed by atoms with Gasteiger partial charge in [0.1, 0.15) is 0 Å². The second-order valence-electron chi connectivity index (χ2n) is 4.02. The van der Waals surface area contributed by atoms with Crippen LogP contribution in [0.2, 0.25) is 0 Å². The third-order valence-electron chi connectivity index (χ3n) is 2.76. The lowest BCUT2D eigenvalue weighted by atomic mass is 10.2. The molecule has 5 heteroatoms. The van der Waals surface area contributed by atoms with Crippen LogP contribution in [-0.2, 0) is 0 Å². The Morgan fingerprint density at radius 2 is 2.19 bits per heavy atom. The van der Waals surface area contributed by atoms with Crippen LogP contribution < -0.4 is 16.4 Å². The van der Waals surface area contributed by atoms with E-state index in [2.05, 4.69) is 15.6 Å². The molecule has 5 nitrogen and oxygen atoms in total. The second kappa shape index (κ2) is 4.83. The standard InChI is InChI=1S/C11H16N4O/c12-9-6-3-7-13-10(9)15-11(16)14-8-4-1-2-5-8/h3,6-8H,1-2,4-5,12H2,(H2,13,14,15,16). The molecule has 0 aliphatic heterocycles. The zero-order chi connectivity index (χ0) is 11.4. The molecule has 0 unspecified atom stereocenters. The molecule has 2 amide bonds. The number of urea groups is 1. The van der Waals surface area contributed by atoms with Crippen LogP contribution >= 0.6 is 0 Å². The maximum Gasteiger partial charge on any atom is 0.320 e. The third-order valence-corrected chi connectivity index (χ3v) is 2.76. The van der Waals surface area contributed by atoms with E-state index >= 15 is 0 Å². The van der Waals surface area contributed by atoms with E-state index in [9.17, 15) is 4.79 Å². The first-order valence-corrected chi connectivity index (χ1v) is 5.54. The molecule has 0 radical (unpaired) electrons. The molecule has 0 bridgehead atoms. The molecule has 1 fully saturated rings. The summed E-state index contributed by atoms with van der Waals surface area (Å²) in [6.07, 6.45) is 6.10. The average Bonchev–Trinajstić information content (AvgIpc) is 2.74. The van der Waals surface area contributed by atoms with Crippen molar-refractivity contribution in [3.63, 3.8) is 0 Å². The Bertz CT molecular complexity index is 374. The zero-order valence-electron chi connectivity index (χ0n) is 9.07. The Balaban J connectivity index is 1.89. The molecule has 0 atom stereocenters. The Hall–Kier alpha value is -1.78. The Morgan fingerprint density at radius 1 is 1.44 bits per heavy atom. The summed E-state index contributed by atoms with van der Waals surface area (Å²) in [5, 5.41) is 5.56. The van der Waals surface area contributed by atoms with E-state index < -0.39 is 0 Å². The number of carbonyl (C=O) groups excluding carboxylic acids is 1. The molecule has 1 aliphatic rings. The van der Waals surface area contributed by atoms with Crippen LogP contribution in [0, 0.1) is 0 Å². The van der Waals surface area contributed by atoms with Gasteiger partial charge in [0.25, 0.3) is 0 Å². The summed E-state index contributed by atoms with van der Waals surface area (Å²) in [5.74, 6) is 0.415. The summed E-state index contributed by atoms with van der Waals surface area (Å²) in [4.78, 5) is 15.6. The van der Waals surface area contributed by atoms with Gasteiger partial charge in [0.05, 0.1) is 5.69 Å². The van der Waals surface area contributed by atoms with Crippen LogP contribution in [0.4, 0.5) is 16.3 Å². The predicted molar refractivity (Wildman–Crippen MR) is 63.1 cm³/mol.